The van der Waals surface area contributed by atoms with E-state index in [1.807, 2.05) is 24.7 Å². The van der Waals surface area contributed by atoms with E-state index in [0.29, 0.717) is 11.7 Å². The molecule has 0 aliphatic rings. The molecule has 2 rings (SSSR count). The average molecular weight is 251 g/mol. The van der Waals surface area contributed by atoms with Gasteiger partial charge in [-0.2, -0.15) is 0 Å². The number of nitrogens with zero attached hydrogens (tertiary/aromatic N) is 3. The Hall–Kier alpha value is -1.55. The van der Waals surface area contributed by atoms with Crippen molar-refractivity contribution in [1.29, 1.82) is 0 Å². The first-order chi connectivity index (χ1) is 8.31. The minimum absolute atomic E-state index is 0.494. The van der Waals surface area contributed by atoms with Crippen LogP contribution in [0.25, 0.3) is 0 Å². The molecule has 0 atom stereocenters. The molecule has 0 amide bonds. The number of aryl methyl sites for hydroxylation is 1. The van der Waals surface area contributed by atoms with E-state index in [1.165, 1.54) is 0 Å². The average Bonchev–Trinajstić information content (AvgIpc) is 2.76. The molecular formula is C12H15ClN4. The van der Waals surface area contributed by atoms with Crippen molar-refractivity contribution in [3.63, 3.8) is 0 Å². The largest absolute Gasteiger partial charge is 0.377 e. The van der Waals surface area contributed by atoms with Gasteiger partial charge in [-0.25, -0.2) is 9.97 Å². The van der Waals surface area contributed by atoms with Gasteiger partial charge in [0, 0.05) is 18.9 Å². The van der Waals surface area contributed by atoms with Crippen molar-refractivity contribution in [2.24, 2.45) is 0 Å². The molecule has 0 saturated carbocycles. The molecule has 4 nitrogen and oxygen atoms in total. The smallest absolute Gasteiger partial charge is 0.152 e. The number of rotatable bonds is 5. The fourth-order valence-electron chi connectivity index (χ4n) is 1.64. The summed E-state index contributed by atoms with van der Waals surface area (Å²) >= 11 is 5.97. The van der Waals surface area contributed by atoms with Gasteiger partial charge in [0.25, 0.3) is 0 Å². The highest BCUT2D eigenvalue weighted by Crippen LogP contribution is 2.18. The lowest BCUT2D eigenvalue weighted by molar-refractivity contribution is 0.651. The van der Waals surface area contributed by atoms with E-state index >= 15 is 0 Å². The van der Waals surface area contributed by atoms with E-state index in [0.717, 1.165) is 24.3 Å². The van der Waals surface area contributed by atoms with Crippen LogP contribution in [0.5, 0.6) is 0 Å². The van der Waals surface area contributed by atoms with Crippen LogP contribution in [0.2, 0.25) is 5.15 Å². The zero-order chi connectivity index (χ0) is 12.1. The highest BCUT2D eigenvalue weighted by molar-refractivity contribution is 6.31. The number of anilines is 1. The van der Waals surface area contributed by atoms with E-state index in [1.54, 1.807) is 6.20 Å². The van der Waals surface area contributed by atoms with Crippen LogP contribution in [0.1, 0.15) is 19.0 Å². The lowest BCUT2D eigenvalue weighted by atomic mass is 10.3. The molecule has 0 bridgehead atoms. The summed E-state index contributed by atoms with van der Waals surface area (Å²) in [5, 5.41) is 3.75. The van der Waals surface area contributed by atoms with Crippen LogP contribution in [-0.4, -0.2) is 14.5 Å². The fraction of sp³-hybridized carbons (Fsp3) is 0.333. The third kappa shape index (κ3) is 2.97. The zero-order valence-electron chi connectivity index (χ0n) is 9.73. The Kier molecular flexibility index (Phi) is 3.98. The number of aromatic nitrogens is 3. The van der Waals surface area contributed by atoms with Gasteiger partial charge in [-0.3, -0.25) is 0 Å². The summed E-state index contributed by atoms with van der Waals surface area (Å²) < 4.78 is 2.14. The van der Waals surface area contributed by atoms with E-state index in [-0.39, 0.29) is 0 Å². The minimum atomic E-state index is 0.494. The summed E-state index contributed by atoms with van der Waals surface area (Å²) in [5.74, 6) is 0. The van der Waals surface area contributed by atoms with Gasteiger partial charge in [-0.1, -0.05) is 18.5 Å². The Labute approximate surface area is 106 Å². The molecule has 0 fully saturated rings. The Morgan fingerprint density at radius 2 is 2.35 bits per heavy atom. The number of halogens is 1. The fourth-order valence-corrected chi connectivity index (χ4v) is 1.83. The molecular weight excluding hydrogens is 236 g/mol. The van der Waals surface area contributed by atoms with Gasteiger partial charge in [-0.05, 0) is 18.6 Å². The molecule has 0 aliphatic heterocycles. The Morgan fingerprint density at radius 3 is 3.12 bits per heavy atom. The maximum atomic E-state index is 5.97. The third-order valence-electron chi connectivity index (χ3n) is 2.48. The predicted octanol–water partition coefficient (Wildman–Crippen LogP) is 2.95. The highest BCUT2D eigenvalue weighted by Gasteiger charge is 2.03. The van der Waals surface area contributed by atoms with Crippen molar-refractivity contribution in [1.82, 2.24) is 14.5 Å². The molecule has 1 N–H and O–H groups in total. The molecule has 2 heterocycles. The number of hydrogen-bond acceptors (Lipinski definition) is 3. The molecule has 0 spiro atoms. The SMILES string of the molecule is CCCn1cncc1CNc1cccnc1Cl. The third-order valence-corrected chi connectivity index (χ3v) is 2.78. The van der Waals surface area contributed by atoms with Crippen molar-refractivity contribution in [3.05, 3.63) is 41.7 Å². The van der Waals surface area contributed by atoms with Crippen LogP contribution in [0.15, 0.2) is 30.9 Å². The molecule has 5 heteroatoms. The maximum Gasteiger partial charge on any atom is 0.152 e. The summed E-state index contributed by atoms with van der Waals surface area (Å²) in [6.45, 7) is 3.83. The van der Waals surface area contributed by atoms with E-state index in [4.69, 9.17) is 11.6 Å². The predicted molar refractivity (Wildman–Crippen MR) is 69.1 cm³/mol. The van der Waals surface area contributed by atoms with E-state index < -0.39 is 0 Å². The lowest BCUT2D eigenvalue weighted by Gasteiger charge is -2.09. The second-order valence-corrected chi connectivity index (χ2v) is 4.13. The first kappa shape index (κ1) is 11.9. The van der Waals surface area contributed by atoms with Crippen molar-refractivity contribution in [3.8, 4) is 0 Å². The molecule has 2 aromatic rings. The molecule has 90 valence electrons. The summed E-state index contributed by atoms with van der Waals surface area (Å²) in [6.07, 6.45) is 6.49. The number of nitrogens with one attached hydrogen (secondary N) is 1. The van der Waals surface area contributed by atoms with Crippen molar-refractivity contribution < 1.29 is 0 Å². The van der Waals surface area contributed by atoms with Gasteiger partial charge in [0.1, 0.15) is 0 Å². The molecule has 0 saturated heterocycles. The number of hydrogen-bond donors (Lipinski definition) is 1. The van der Waals surface area contributed by atoms with Crippen molar-refractivity contribution in [2.45, 2.75) is 26.4 Å². The van der Waals surface area contributed by atoms with Crippen molar-refractivity contribution in [2.75, 3.05) is 5.32 Å². The molecule has 0 aliphatic carbocycles. The summed E-state index contributed by atoms with van der Waals surface area (Å²) in [5.41, 5.74) is 1.99. The first-order valence-electron chi connectivity index (χ1n) is 5.64. The van der Waals surface area contributed by atoms with Crippen LogP contribution < -0.4 is 5.32 Å². The number of pyridine rings is 1. The second-order valence-electron chi connectivity index (χ2n) is 3.77. The molecule has 0 radical (unpaired) electrons. The Morgan fingerprint density at radius 1 is 1.47 bits per heavy atom. The van der Waals surface area contributed by atoms with Crippen LogP contribution in [-0.2, 0) is 13.1 Å². The monoisotopic (exact) mass is 250 g/mol. The highest BCUT2D eigenvalue weighted by atomic mass is 35.5. The topological polar surface area (TPSA) is 42.7 Å². The normalized spacial score (nSPS) is 10.5. The Bertz CT molecular complexity index is 481. The zero-order valence-corrected chi connectivity index (χ0v) is 10.5. The molecule has 0 unspecified atom stereocenters. The summed E-state index contributed by atoms with van der Waals surface area (Å²) in [4.78, 5) is 8.17. The van der Waals surface area contributed by atoms with Crippen LogP contribution in [0, 0.1) is 0 Å². The molecule has 2 aromatic heterocycles. The van der Waals surface area contributed by atoms with Crippen LogP contribution in [0.3, 0.4) is 0 Å². The van der Waals surface area contributed by atoms with E-state index in [9.17, 15) is 0 Å². The van der Waals surface area contributed by atoms with E-state index in [2.05, 4.69) is 26.8 Å². The molecule has 17 heavy (non-hydrogen) atoms. The first-order valence-corrected chi connectivity index (χ1v) is 6.02. The van der Waals surface area contributed by atoms with Gasteiger partial charge in [0.05, 0.1) is 24.3 Å². The number of imidazole rings is 1. The van der Waals surface area contributed by atoms with Gasteiger partial charge in [0.15, 0.2) is 5.15 Å². The van der Waals surface area contributed by atoms with Gasteiger partial charge < -0.3 is 9.88 Å². The maximum absolute atomic E-state index is 5.97. The quantitative estimate of drug-likeness (QED) is 0.830. The van der Waals surface area contributed by atoms with Crippen LogP contribution >= 0.6 is 11.6 Å². The van der Waals surface area contributed by atoms with Crippen LogP contribution in [0.4, 0.5) is 5.69 Å². The second kappa shape index (κ2) is 5.68. The van der Waals surface area contributed by atoms with Crippen molar-refractivity contribution >= 4 is 17.3 Å². The standard InChI is InChI=1S/C12H15ClN4/c1-2-6-17-9-14-7-10(17)8-16-11-4-3-5-15-12(11)13/h3-5,7,9,16H,2,6,8H2,1H3. The Balaban J connectivity index is 2.02. The van der Waals surface area contributed by atoms with Gasteiger partial charge in [0.2, 0.25) is 0 Å². The minimum Gasteiger partial charge on any atom is -0.377 e. The lowest BCUT2D eigenvalue weighted by Crippen LogP contribution is -2.07. The summed E-state index contributed by atoms with van der Waals surface area (Å²) in [6, 6.07) is 3.77. The summed E-state index contributed by atoms with van der Waals surface area (Å²) in [7, 11) is 0. The molecule has 0 aromatic carbocycles. The van der Waals surface area contributed by atoms with Gasteiger partial charge in [-0.15, -0.1) is 0 Å². The van der Waals surface area contributed by atoms with Gasteiger partial charge >= 0.3 is 0 Å².